The summed E-state index contributed by atoms with van der Waals surface area (Å²) >= 11 is 0. The van der Waals surface area contributed by atoms with Gasteiger partial charge in [0.15, 0.2) is 0 Å². The zero-order valence-corrected chi connectivity index (χ0v) is 19.8. The third-order valence-corrected chi connectivity index (χ3v) is 7.84. The third kappa shape index (κ3) is 4.73. The van der Waals surface area contributed by atoms with Gasteiger partial charge < -0.3 is 10.1 Å². The van der Waals surface area contributed by atoms with Crippen molar-refractivity contribution >= 4 is 21.6 Å². The van der Waals surface area contributed by atoms with Crippen LogP contribution in [0.5, 0.6) is 5.75 Å². The van der Waals surface area contributed by atoms with Gasteiger partial charge in [-0.25, -0.2) is 8.42 Å². The number of anilines is 1. The molecule has 7 heteroatoms. The van der Waals surface area contributed by atoms with Crippen molar-refractivity contribution in [3.63, 3.8) is 0 Å². The molecule has 0 heterocycles. The number of carbonyl (C=O) groups is 1. The lowest BCUT2D eigenvalue weighted by Gasteiger charge is -2.23. The van der Waals surface area contributed by atoms with E-state index in [0.717, 1.165) is 18.4 Å². The Morgan fingerprint density at radius 2 is 1.70 bits per heavy atom. The topological polar surface area (TPSA) is 75.7 Å². The van der Waals surface area contributed by atoms with Gasteiger partial charge in [0, 0.05) is 12.6 Å². The Hall–Kier alpha value is -3.32. The van der Waals surface area contributed by atoms with Crippen LogP contribution in [0.25, 0.3) is 0 Å². The monoisotopic (exact) mass is 464 g/mol. The van der Waals surface area contributed by atoms with Crippen molar-refractivity contribution < 1.29 is 17.9 Å². The summed E-state index contributed by atoms with van der Waals surface area (Å²) in [7, 11) is -0.935. The predicted molar refractivity (Wildman–Crippen MR) is 129 cm³/mol. The van der Waals surface area contributed by atoms with Crippen LogP contribution in [0.2, 0.25) is 0 Å². The molecule has 0 saturated heterocycles. The maximum atomic E-state index is 13.4. The van der Waals surface area contributed by atoms with E-state index in [1.165, 1.54) is 30.6 Å². The number of rotatable bonds is 8. The summed E-state index contributed by atoms with van der Waals surface area (Å²) in [5, 5.41) is 3.14. The van der Waals surface area contributed by atoms with E-state index in [0.29, 0.717) is 28.5 Å². The molecule has 172 valence electrons. The molecular weight excluding hydrogens is 436 g/mol. The van der Waals surface area contributed by atoms with Crippen molar-refractivity contribution in [3.8, 4) is 5.75 Å². The highest BCUT2D eigenvalue weighted by molar-refractivity contribution is 7.92. The maximum absolute atomic E-state index is 13.4. The summed E-state index contributed by atoms with van der Waals surface area (Å²) < 4.78 is 33.3. The highest BCUT2D eigenvalue weighted by Crippen LogP contribution is 2.41. The molecule has 1 unspecified atom stereocenters. The number of hydrogen-bond donors (Lipinski definition) is 1. The van der Waals surface area contributed by atoms with E-state index in [1.807, 2.05) is 37.3 Å². The number of ether oxygens (including phenoxy) is 1. The molecule has 1 fully saturated rings. The normalized spacial score (nSPS) is 14.4. The Kier molecular flexibility index (Phi) is 6.42. The van der Waals surface area contributed by atoms with E-state index in [1.54, 1.807) is 30.3 Å². The number of aryl methyl sites for hydroxylation is 1. The lowest BCUT2D eigenvalue weighted by Crippen LogP contribution is -2.31. The largest absolute Gasteiger partial charge is 0.495 e. The Labute approximate surface area is 195 Å². The number of carbonyl (C=O) groups excluding carboxylic acids is 1. The van der Waals surface area contributed by atoms with E-state index in [9.17, 15) is 13.2 Å². The van der Waals surface area contributed by atoms with Crippen LogP contribution in [-0.4, -0.2) is 28.5 Å². The molecule has 1 aliphatic rings. The summed E-state index contributed by atoms with van der Waals surface area (Å²) in [5.41, 5.74) is 2.55. The molecule has 33 heavy (non-hydrogen) atoms. The zero-order chi connectivity index (χ0) is 23.6. The van der Waals surface area contributed by atoms with E-state index < -0.39 is 10.0 Å². The molecule has 0 spiro atoms. The van der Waals surface area contributed by atoms with Gasteiger partial charge in [0.05, 0.1) is 23.7 Å². The number of nitrogens with one attached hydrogen (secondary N) is 1. The number of nitrogens with zero attached hydrogens (tertiary/aromatic N) is 1. The highest BCUT2D eigenvalue weighted by atomic mass is 32.2. The smallest absolute Gasteiger partial charge is 0.264 e. The predicted octanol–water partition coefficient (Wildman–Crippen LogP) is 4.71. The number of amides is 1. The first-order chi connectivity index (χ1) is 15.8. The van der Waals surface area contributed by atoms with Crippen LogP contribution in [0.1, 0.15) is 40.4 Å². The van der Waals surface area contributed by atoms with Crippen molar-refractivity contribution in [3.05, 3.63) is 89.5 Å². The van der Waals surface area contributed by atoms with Crippen LogP contribution in [0.3, 0.4) is 0 Å². The molecule has 0 radical (unpaired) electrons. The fraction of sp³-hybridized carbons (Fsp3) is 0.269. The summed E-state index contributed by atoms with van der Waals surface area (Å²) in [5.74, 6) is 0.578. The minimum Gasteiger partial charge on any atom is -0.495 e. The van der Waals surface area contributed by atoms with E-state index in [4.69, 9.17) is 4.74 Å². The van der Waals surface area contributed by atoms with Gasteiger partial charge in [-0.1, -0.05) is 48.5 Å². The van der Waals surface area contributed by atoms with Crippen molar-refractivity contribution in [1.82, 2.24) is 5.32 Å². The summed E-state index contributed by atoms with van der Waals surface area (Å²) in [6.45, 7) is 1.81. The van der Waals surface area contributed by atoms with Crippen LogP contribution < -0.4 is 14.4 Å². The average Bonchev–Trinajstić information content (AvgIpc) is 3.68. The number of sulfonamides is 1. The first kappa shape index (κ1) is 22.9. The Morgan fingerprint density at radius 1 is 1.03 bits per heavy atom. The third-order valence-electron chi connectivity index (χ3n) is 6.08. The van der Waals surface area contributed by atoms with Crippen LogP contribution in [-0.2, 0) is 10.0 Å². The maximum Gasteiger partial charge on any atom is 0.264 e. The fourth-order valence-corrected chi connectivity index (χ4v) is 5.20. The Morgan fingerprint density at radius 3 is 2.36 bits per heavy atom. The fourth-order valence-electron chi connectivity index (χ4n) is 3.97. The van der Waals surface area contributed by atoms with Crippen molar-refractivity contribution in [2.45, 2.75) is 30.7 Å². The van der Waals surface area contributed by atoms with E-state index in [2.05, 4.69) is 5.32 Å². The molecule has 6 nitrogen and oxygen atoms in total. The van der Waals surface area contributed by atoms with Crippen molar-refractivity contribution in [2.75, 3.05) is 18.5 Å². The van der Waals surface area contributed by atoms with Gasteiger partial charge in [-0.2, -0.15) is 0 Å². The molecule has 4 rings (SSSR count). The standard InChI is InChI=1S/C26H28N2O4S/c1-18-13-16-21(33(30,31)28(2)23-11-7-8-12-24(23)32-3)17-22(18)26(29)27-25(20-14-15-20)19-9-5-4-6-10-19/h4-13,16-17,20,25H,14-15H2,1-3H3,(H,27,29). The molecule has 0 bridgehead atoms. The zero-order valence-electron chi connectivity index (χ0n) is 19.0. The second kappa shape index (κ2) is 9.27. The Bertz CT molecular complexity index is 1250. The molecule has 3 aromatic carbocycles. The molecule has 1 amide bonds. The number of benzene rings is 3. The van der Waals surface area contributed by atoms with Gasteiger partial charge >= 0.3 is 0 Å². The molecule has 0 aliphatic heterocycles. The number of hydrogen-bond acceptors (Lipinski definition) is 4. The van der Waals surface area contributed by atoms with Crippen LogP contribution >= 0.6 is 0 Å². The summed E-state index contributed by atoms with van der Waals surface area (Å²) in [4.78, 5) is 13.3. The first-order valence-electron chi connectivity index (χ1n) is 10.9. The van der Waals surface area contributed by atoms with Crippen molar-refractivity contribution in [2.24, 2.45) is 5.92 Å². The lowest BCUT2D eigenvalue weighted by atomic mass is 10.0. The molecule has 1 saturated carbocycles. The lowest BCUT2D eigenvalue weighted by molar-refractivity contribution is 0.0931. The van der Waals surface area contributed by atoms with Crippen LogP contribution in [0.4, 0.5) is 5.69 Å². The van der Waals surface area contributed by atoms with E-state index >= 15 is 0 Å². The number of methoxy groups -OCH3 is 1. The summed E-state index contributed by atoms with van der Waals surface area (Å²) in [6.07, 6.45) is 2.13. The highest BCUT2D eigenvalue weighted by Gasteiger charge is 2.34. The molecule has 0 aromatic heterocycles. The van der Waals surface area contributed by atoms with Gasteiger partial charge in [0.1, 0.15) is 5.75 Å². The van der Waals surface area contributed by atoms with Crippen LogP contribution in [0, 0.1) is 12.8 Å². The van der Waals surface area contributed by atoms with Gasteiger partial charge in [0.25, 0.3) is 15.9 Å². The van der Waals surface area contributed by atoms with Gasteiger partial charge in [0.2, 0.25) is 0 Å². The van der Waals surface area contributed by atoms with Gasteiger partial charge in [-0.05, 0) is 61.1 Å². The molecule has 1 N–H and O–H groups in total. The van der Waals surface area contributed by atoms with Crippen LogP contribution in [0.15, 0.2) is 77.7 Å². The SMILES string of the molecule is COc1ccccc1N(C)S(=O)(=O)c1ccc(C)c(C(=O)NC(c2ccccc2)C2CC2)c1. The second-order valence-corrected chi connectivity index (χ2v) is 10.3. The quantitative estimate of drug-likeness (QED) is 0.524. The minimum absolute atomic E-state index is 0.0503. The Balaban J connectivity index is 1.64. The molecule has 1 aliphatic carbocycles. The summed E-state index contributed by atoms with van der Waals surface area (Å²) in [6, 6.07) is 21.4. The second-order valence-electron chi connectivity index (χ2n) is 8.32. The minimum atomic E-state index is -3.91. The van der Waals surface area contributed by atoms with Gasteiger partial charge in [-0.15, -0.1) is 0 Å². The van der Waals surface area contributed by atoms with Gasteiger partial charge in [-0.3, -0.25) is 9.10 Å². The molecular formula is C26H28N2O4S. The van der Waals surface area contributed by atoms with E-state index in [-0.39, 0.29) is 16.8 Å². The van der Waals surface area contributed by atoms with Crippen molar-refractivity contribution in [1.29, 1.82) is 0 Å². The molecule has 3 aromatic rings. The average molecular weight is 465 g/mol. The number of para-hydroxylation sites is 2. The first-order valence-corrected chi connectivity index (χ1v) is 12.4. The molecule has 1 atom stereocenters.